The molecule has 0 aliphatic carbocycles. The van der Waals surface area contributed by atoms with E-state index in [0.29, 0.717) is 5.56 Å². The number of thiophene rings is 1. The number of hydrogen-bond donors (Lipinski definition) is 2. The average molecular weight is 316 g/mol. The van der Waals surface area contributed by atoms with Gasteiger partial charge in [0.25, 0.3) is 5.91 Å². The van der Waals surface area contributed by atoms with E-state index < -0.39 is 11.9 Å². The van der Waals surface area contributed by atoms with Crippen LogP contribution in [0, 0.1) is 18.3 Å². The van der Waals surface area contributed by atoms with Gasteiger partial charge in [0.2, 0.25) is 0 Å². The fraction of sp³-hybridized carbons (Fsp3) is 0.133. The first-order chi connectivity index (χ1) is 10.5. The second-order valence-electron chi connectivity index (χ2n) is 4.33. The maximum absolute atomic E-state index is 12.2. The van der Waals surface area contributed by atoms with E-state index in [1.807, 2.05) is 6.07 Å². The van der Waals surface area contributed by atoms with Crippen LogP contribution in [0.4, 0.5) is 5.00 Å². The summed E-state index contributed by atoms with van der Waals surface area (Å²) in [5.41, 5.74) is 0.734. The van der Waals surface area contributed by atoms with Crippen LogP contribution in [0.15, 0.2) is 24.3 Å². The molecule has 0 aliphatic rings. The molecule has 1 aromatic carbocycles. The van der Waals surface area contributed by atoms with Crippen LogP contribution in [0.5, 0.6) is 5.75 Å². The van der Waals surface area contributed by atoms with Crippen LogP contribution in [0.3, 0.4) is 0 Å². The van der Waals surface area contributed by atoms with Crippen molar-refractivity contribution in [3.63, 3.8) is 0 Å². The third-order valence-electron chi connectivity index (χ3n) is 3.01. The van der Waals surface area contributed by atoms with Gasteiger partial charge in [-0.05, 0) is 24.6 Å². The minimum Gasteiger partial charge on any atom is -0.507 e. The average Bonchev–Trinajstić information content (AvgIpc) is 2.82. The molecule has 1 heterocycles. The first kappa shape index (κ1) is 15.5. The Balaban J connectivity index is 2.38. The zero-order chi connectivity index (χ0) is 16.3. The summed E-state index contributed by atoms with van der Waals surface area (Å²) < 4.78 is 4.65. The minimum absolute atomic E-state index is 0.0806. The molecule has 6 nitrogen and oxygen atoms in total. The molecule has 22 heavy (non-hydrogen) atoms. The molecular formula is C15H12N2O4S. The molecule has 1 aromatic heterocycles. The monoisotopic (exact) mass is 316 g/mol. The van der Waals surface area contributed by atoms with E-state index in [1.165, 1.54) is 19.2 Å². The number of para-hydroxylation sites is 1. The van der Waals surface area contributed by atoms with Gasteiger partial charge in [0, 0.05) is 0 Å². The maximum Gasteiger partial charge on any atom is 0.348 e. The molecule has 1 amide bonds. The number of carbonyl (C=O) groups excluding carboxylic acids is 2. The highest BCUT2D eigenvalue weighted by Crippen LogP contribution is 2.33. The second kappa shape index (κ2) is 6.28. The molecule has 0 unspecified atom stereocenters. The number of benzene rings is 1. The second-order valence-corrected chi connectivity index (χ2v) is 5.36. The van der Waals surface area contributed by atoms with E-state index >= 15 is 0 Å². The summed E-state index contributed by atoms with van der Waals surface area (Å²) in [6.07, 6.45) is 0. The molecule has 0 bridgehead atoms. The standard InChI is InChI=1S/C15H12N2O4S/c1-8-10(7-16)14(22-12(8)15(20)21-2)17-13(19)9-5-3-4-6-11(9)18/h3-6,18H,1-2H3,(H,17,19). The first-order valence-electron chi connectivity index (χ1n) is 6.20. The van der Waals surface area contributed by atoms with E-state index in [0.717, 1.165) is 11.3 Å². The van der Waals surface area contributed by atoms with Gasteiger partial charge in [0.15, 0.2) is 0 Å². The quantitative estimate of drug-likeness (QED) is 0.848. The van der Waals surface area contributed by atoms with Crippen LogP contribution >= 0.6 is 11.3 Å². The van der Waals surface area contributed by atoms with E-state index in [1.54, 1.807) is 19.1 Å². The van der Waals surface area contributed by atoms with Crippen molar-refractivity contribution in [2.24, 2.45) is 0 Å². The van der Waals surface area contributed by atoms with Gasteiger partial charge in [0.1, 0.15) is 21.7 Å². The van der Waals surface area contributed by atoms with Crippen molar-refractivity contribution in [1.82, 2.24) is 0 Å². The predicted molar refractivity (Wildman–Crippen MR) is 81.2 cm³/mol. The Morgan fingerprint density at radius 2 is 2.05 bits per heavy atom. The number of anilines is 1. The lowest BCUT2D eigenvalue weighted by Gasteiger charge is -2.05. The van der Waals surface area contributed by atoms with Gasteiger partial charge in [0.05, 0.1) is 18.2 Å². The number of amides is 1. The zero-order valence-corrected chi connectivity index (χ0v) is 12.7. The van der Waals surface area contributed by atoms with Crippen molar-refractivity contribution >= 4 is 28.2 Å². The van der Waals surface area contributed by atoms with E-state index in [-0.39, 0.29) is 26.8 Å². The Kier molecular flexibility index (Phi) is 4.44. The lowest BCUT2D eigenvalue weighted by atomic mass is 10.1. The van der Waals surface area contributed by atoms with Gasteiger partial charge in [-0.3, -0.25) is 4.79 Å². The Bertz CT molecular complexity index is 789. The Morgan fingerprint density at radius 3 is 2.64 bits per heavy atom. The topological polar surface area (TPSA) is 99.4 Å². The van der Waals surface area contributed by atoms with Crippen molar-refractivity contribution in [3.8, 4) is 11.8 Å². The van der Waals surface area contributed by atoms with Gasteiger partial charge in [-0.1, -0.05) is 12.1 Å². The molecule has 0 atom stereocenters. The van der Waals surface area contributed by atoms with Gasteiger partial charge in [-0.2, -0.15) is 5.26 Å². The predicted octanol–water partition coefficient (Wildman–Crippen LogP) is 2.67. The highest BCUT2D eigenvalue weighted by molar-refractivity contribution is 7.18. The Labute approximate surface area is 130 Å². The van der Waals surface area contributed by atoms with Gasteiger partial charge in [-0.25, -0.2) is 4.79 Å². The molecule has 0 saturated heterocycles. The lowest BCUT2D eigenvalue weighted by molar-refractivity contribution is 0.0605. The third-order valence-corrected chi connectivity index (χ3v) is 4.19. The molecule has 112 valence electrons. The summed E-state index contributed by atoms with van der Waals surface area (Å²) in [5, 5.41) is 21.7. The smallest absolute Gasteiger partial charge is 0.348 e. The highest BCUT2D eigenvalue weighted by atomic mass is 32.1. The van der Waals surface area contributed by atoms with Crippen LogP contribution in [-0.4, -0.2) is 24.1 Å². The third kappa shape index (κ3) is 2.77. The minimum atomic E-state index is -0.568. The SMILES string of the molecule is COC(=O)c1sc(NC(=O)c2ccccc2O)c(C#N)c1C. The Morgan fingerprint density at radius 1 is 1.36 bits per heavy atom. The van der Waals surface area contributed by atoms with Gasteiger partial charge < -0.3 is 15.2 Å². The molecule has 0 saturated carbocycles. The van der Waals surface area contributed by atoms with Crippen molar-refractivity contribution in [1.29, 1.82) is 5.26 Å². The van der Waals surface area contributed by atoms with Crippen molar-refractivity contribution in [2.45, 2.75) is 6.92 Å². The number of ether oxygens (including phenoxy) is 1. The Hall–Kier alpha value is -2.85. The maximum atomic E-state index is 12.2. The fourth-order valence-electron chi connectivity index (χ4n) is 1.86. The summed E-state index contributed by atoms with van der Waals surface area (Å²) in [7, 11) is 1.24. The van der Waals surface area contributed by atoms with E-state index in [9.17, 15) is 20.0 Å². The summed E-state index contributed by atoms with van der Waals surface area (Å²) in [4.78, 5) is 24.1. The van der Waals surface area contributed by atoms with Crippen LogP contribution < -0.4 is 5.32 Å². The summed E-state index contributed by atoms with van der Waals surface area (Å²) in [6.45, 7) is 1.61. The number of nitrogens with one attached hydrogen (secondary N) is 1. The number of nitriles is 1. The van der Waals surface area contributed by atoms with Gasteiger partial charge in [-0.15, -0.1) is 11.3 Å². The largest absolute Gasteiger partial charge is 0.507 e. The molecule has 2 rings (SSSR count). The molecule has 7 heteroatoms. The molecule has 0 radical (unpaired) electrons. The number of carbonyl (C=O) groups is 2. The molecule has 2 aromatic rings. The zero-order valence-electron chi connectivity index (χ0n) is 11.8. The van der Waals surface area contributed by atoms with Crippen LogP contribution in [-0.2, 0) is 4.74 Å². The summed E-state index contributed by atoms with van der Waals surface area (Å²) >= 11 is 0.962. The van der Waals surface area contributed by atoms with Crippen LogP contribution in [0.25, 0.3) is 0 Å². The van der Waals surface area contributed by atoms with Crippen molar-refractivity contribution < 1.29 is 19.4 Å². The van der Waals surface area contributed by atoms with E-state index in [4.69, 9.17) is 0 Å². The normalized spacial score (nSPS) is 9.86. The molecular weight excluding hydrogens is 304 g/mol. The number of rotatable bonds is 3. The lowest BCUT2D eigenvalue weighted by Crippen LogP contribution is -2.11. The molecule has 0 fully saturated rings. The number of methoxy groups -OCH3 is 1. The number of nitrogens with zero attached hydrogens (tertiary/aromatic N) is 1. The number of phenols is 1. The fourth-order valence-corrected chi connectivity index (χ4v) is 2.93. The van der Waals surface area contributed by atoms with Crippen molar-refractivity contribution in [2.75, 3.05) is 12.4 Å². The van der Waals surface area contributed by atoms with Gasteiger partial charge >= 0.3 is 5.97 Å². The van der Waals surface area contributed by atoms with Crippen LogP contribution in [0.2, 0.25) is 0 Å². The molecule has 0 spiro atoms. The molecule has 0 aliphatic heterocycles. The highest BCUT2D eigenvalue weighted by Gasteiger charge is 2.22. The van der Waals surface area contributed by atoms with Crippen LogP contribution in [0.1, 0.15) is 31.2 Å². The number of hydrogen-bond acceptors (Lipinski definition) is 6. The number of aromatic hydroxyl groups is 1. The van der Waals surface area contributed by atoms with E-state index in [2.05, 4.69) is 10.1 Å². The van der Waals surface area contributed by atoms with Crippen molar-refractivity contribution in [3.05, 3.63) is 45.8 Å². The first-order valence-corrected chi connectivity index (χ1v) is 7.02. The number of esters is 1. The number of phenolic OH excluding ortho intramolecular Hbond substituents is 1. The summed E-state index contributed by atoms with van der Waals surface area (Å²) in [5.74, 6) is -1.30. The summed E-state index contributed by atoms with van der Waals surface area (Å²) in [6, 6.07) is 8.01. The molecule has 2 N–H and O–H groups in total.